The van der Waals surface area contributed by atoms with E-state index >= 15 is 0 Å². The summed E-state index contributed by atoms with van der Waals surface area (Å²) in [5.41, 5.74) is 1.08. The highest BCUT2D eigenvalue weighted by Crippen LogP contribution is 2.16. The van der Waals surface area contributed by atoms with Crippen LogP contribution in [-0.4, -0.2) is 60.5 Å². The molecular weight excluding hydrogens is 305 g/mol. The van der Waals surface area contributed by atoms with Gasteiger partial charge < -0.3 is 15.1 Å². The minimum absolute atomic E-state index is 0.214. The summed E-state index contributed by atoms with van der Waals surface area (Å²) < 4.78 is 12.9. The Morgan fingerprint density at radius 2 is 1.88 bits per heavy atom. The van der Waals surface area contributed by atoms with E-state index in [-0.39, 0.29) is 17.8 Å². The number of carbonyl (C=O) groups is 1. The second-order valence-corrected chi connectivity index (χ2v) is 6.99. The van der Waals surface area contributed by atoms with Crippen molar-refractivity contribution in [3.8, 4) is 0 Å². The van der Waals surface area contributed by atoms with Crippen molar-refractivity contribution in [3.05, 3.63) is 35.6 Å². The van der Waals surface area contributed by atoms with Crippen LogP contribution in [0.4, 0.5) is 4.39 Å². The molecule has 3 rings (SSSR count). The Labute approximate surface area is 144 Å². The quantitative estimate of drug-likeness (QED) is 0.865. The maximum Gasteiger partial charge on any atom is 0.224 e. The molecule has 0 aliphatic carbocycles. The molecule has 0 bridgehead atoms. The fraction of sp³-hybridized carbons (Fsp3) is 0.632. The second kappa shape index (κ2) is 8.08. The molecule has 24 heavy (non-hydrogen) atoms. The first-order chi connectivity index (χ1) is 11.6. The monoisotopic (exact) mass is 333 g/mol. The molecule has 0 radical (unpaired) electrons. The average Bonchev–Trinajstić information content (AvgIpc) is 2.94. The van der Waals surface area contributed by atoms with Gasteiger partial charge in [0.1, 0.15) is 5.82 Å². The molecule has 5 heteroatoms. The first-order valence-electron chi connectivity index (χ1n) is 9.14. The zero-order chi connectivity index (χ0) is 16.9. The standard InChI is InChI=1S/C19H28FN3O/c1-2-22-10-8-17(9-11-22)21-18-13-19(24)23(14-18)12-7-15-3-5-16(20)6-4-15/h3-6,17-18,21H,2,7-14H2,1H3. The van der Waals surface area contributed by atoms with E-state index in [1.54, 1.807) is 12.1 Å². The number of benzene rings is 1. The van der Waals surface area contributed by atoms with Gasteiger partial charge in [0.15, 0.2) is 0 Å². The van der Waals surface area contributed by atoms with Gasteiger partial charge in [0.2, 0.25) is 5.91 Å². The van der Waals surface area contributed by atoms with E-state index in [2.05, 4.69) is 17.1 Å². The molecule has 1 unspecified atom stereocenters. The lowest BCUT2D eigenvalue weighted by molar-refractivity contribution is -0.127. The molecule has 1 aromatic rings. The number of halogens is 1. The SMILES string of the molecule is CCN1CCC(NC2CC(=O)N(CCc3ccc(F)cc3)C2)CC1. The minimum atomic E-state index is -0.214. The second-order valence-electron chi connectivity index (χ2n) is 6.99. The van der Waals surface area contributed by atoms with Crippen molar-refractivity contribution in [3.63, 3.8) is 0 Å². The van der Waals surface area contributed by atoms with E-state index in [1.165, 1.54) is 25.0 Å². The smallest absolute Gasteiger partial charge is 0.224 e. The van der Waals surface area contributed by atoms with Crippen molar-refractivity contribution in [2.24, 2.45) is 0 Å². The van der Waals surface area contributed by atoms with Crippen molar-refractivity contribution >= 4 is 5.91 Å². The van der Waals surface area contributed by atoms with Gasteiger partial charge in [-0.05, 0) is 56.6 Å². The highest BCUT2D eigenvalue weighted by molar-refractivity contribution is 5.79. The number of nitrogens with one attached hydrogen (secondary N) is 1. The molecule has 2 aliphatic rings. The van der Waals surface area contributed by atoms with Gasteiger partial charge in [0.25, 0.3) is 0 Å². The highest BCUT2D eigenvalue weighted by Gasteiger charge is 2.31. The molecular formula is C19H28FN3O. The molecule has 0 spiro atoms. The lowest BCUT2D eigenvalue weighted by atomic mass is 10.0. The average molecular weight is 333 g/mol. The molecule has 0 aromatic heterocycles. The molecule has 2 saturated heterocycles. The van der Waals surface area contributed by atoms with Gasteiger partial charge in [-0.15, -0.1) is 0 Å². The summed E-state index contributed by atoms with van der Waals surface area (Å²) in [4.78, 5) is 16.6. The van der Waals surface area contributed by atoms with Crippen LogP contribution in [0.15, 0.2) is 24.3 Å². The van der Waals surface area contributed by atoms with Crippen molar-refractivity contribution in [2.45, 2.75) is 44.7 Å². The van der Waals surface area contributed by atoms with Gasteiger partial charge in [-0.3, -0.25) is 4.79 Å². The third-order valence-corrected chi connectivity index (χ3v) is 5.30. The Bertz CT molecular complexity index is 540. The molecule has 4 nitrogen and oxygen atoms in total. The Hall–Kier alpha value is -1.46. The fourth-order valence-electron chi connectivity index (χ4n) is 3.76. The molecule has 1 aromatic carbocycles. The summed E-state index contributed by atoms with van der Waals surface area (Å²) >= 11 is 0. The van der Waals surface area contributed by atoms with Crippen LogP contribution < -0.4 is 5.32 Å². The number of piperidine rings is 1. The maximum absolute atomic E-state index is 12.9. The van der Waals surface area contributed by atoms with Crippen LogP contribution in [0, 0.1) is 5.82 Å². The largest absolute Gasteiger partial charge is 0.341 e. The third kappa shape index (κ3) is 4.54. The van der Waals surface area contributed by atoms with Gasteiger partial charge in [-0.25, -0.2) is 4.39 Å². The van der Waals surface area contributed by atoms with Crippen molar-refractivity contribution in [1.29, 1.82) is 0 Å². The van der Waals surface area contributed by atoms with Crippen molar-refractivity contribution < 1.29 is 9.18 Å². The van der Waals surface area contributed by atoms with E-state index in [4.69, 9.17) is 0 Å². The lowest BCUT2D eigenvalue weighted by Gasteiger charge is -2.33. The summed E-state index contributed by atoms with van der Waals surface area (Å²) in [6, 6.07) is 7.38. The predicted molar refractivity (Wildman–Crippen MR) is 93.4 cm³/mol. The molecule has 2 heterocycles. The molecule has 132 valence electrons. The zero-order valence-electron chi connectivity index (χ0n) is 14.5. The zero-order valence-corrected chi connectivity index (χ0v) is 14.5. The summed E-state index contributed by atoms with van der Waals surface area (Å²) in [5.74, 6) is 0.0231. The minimum Gasteiger partial charge on any atom is -0.341 e. The summed E-state index contributed by atoms with van der Waals surface area (Å²) in [6.45, 7) is 7.17. The van der Waals surface area contributed by atoms with Gasteiger partial charge in [0.05, 0.1) is 0 Å². The van der Waals surface area contributed by atoms with E-state index in [9.17, 15) is 9.18 Å². The summed E-state index contributed by atoms with van der Waals surface area (Å²) in [5, 5.41) is 3.69. The van der Waals surface area contributed by atoms with Gasteiger partial charge in [-0.2, -0.15) is 0 Å². The number of amides is 1. The Morgan fingerprint density at radius 3 is 2.54 bits per heavy atom. The van der Waals surface area contributed by atoms with Gasteiger partial charge in [-0.1, -0.05) is 19.1 Å². The topological polar surface area (TPSA) is 35.6 Å². The molecule has 1 N–H and O–H groups in total. The van der Waals surface area contributed by atoms with E-state index in [1.807, 2.05) is 4.90 Å². The number of likely N-dealkylation sites (tertiary alicyclic amines) is 2. The van der Waals surface area contributed by atoms with Crippen LogP contribution in [0.5, 0.6) is 0 Å². The Kier molecular flexibility index (Phi) is 5.85. The van der Waals surface area contributed by atoms with Crippen LogP contribution in [0.25, 0.3) is 0 Å². The third-order valence-electron chi connectivity index (χ3n) is 5.30. The summed E-state index contributed by atoms with van der Waals surface area (Å²) in [7, 11) is 0. The molecule has 2 aliphatic heterocycles. The van der Waals surface area contributed by atoms with Crippen LogP contribution in [0.3, 0.4) is 0 Å². The molecule has 1 atom stereocenters. The number of hydrogen-bond acceptors (Lipinski definition) is 3. The van der Waals surface area contributed by atoms with Crippen LogP contribution in [-0.2, 0) is 11.2 Å². The van der Waals surface area contributed by atoms with Crippen LogP contribution in [0.2, 0.25) is 0 Å². The molecule has 0 saturated carbocycles. The van der Waals surface area contributed by atoms with Gasteiger partial charge >= 0.3 is 0 Å². The number of nitrogens with zero attached hydrogens (tertiary/aromatic N) is 2. The highest BCUT2D eigenvalue weighted by atomic mass is 19.1. The van der Waals surface area contributed by atoms with E-state index in [0.717, 1.165) is 44.7 Å². The normalized spacial score (nSPS) is 23.2. The number of hydrogen-bond donors (Lipinski definition) is 1. The van der Waals surface area contributed by atoms with Crippen LogP contribution in [0.1, 0.15) is 31.7 Å². The fourth-order valence-corrected chi connectivity index (χ4v) is 3.76. The Morgan fingerprint density at radius 1 is 1.17 bits per heavy atom. The lowest BCUT2D eigenvalue weighted by Crippen LogP contribution is -2.46. The van der Waals surface area contributed by atoms with Gasteiger partial charge in [0, 0.05) is 31.6 Å². The van der Waals surface area contributed by atoms with Crippen LogP contribution >= 0.6 is 0 Å². The molecule has 2 fully saturated rings. The maximum atomic E-state index is 12.9. The number of carbonyl (C=O) groups excluding carboxylic acids is 1. The van der Waals surface area contributed by atoms with E-state index < -0.39 is 0 Å². The van der Waals surface area contributed by atoms with E-state index in [0.29, 0.717) is 12.5 Å². The first-order valence-corrected chi connectivity index (χ1v) is 9.14. The predicted octanol–water partition coefficient (Wildman–Crippen LogP) is 2.04. The summed E-state index contributed by atoms with van der Waals surface area (Å²) in [6.07, 6.45) is 3.74. The molecule has 1 amide bonds. The Balaban J connectivity index is 1.43. The number of rotatable bonds is 6. The first kappa shape index (κ1) is 17.4. The van der Waals surface area contributed by atoms with Crippen molar-refractivity contribution in [1.82, 2.24) is 15.1 Å². The van der Waals surface area contributed by atoms with Crippen molar-refractivity contribution in [2.75, 3.05) is 32.7 Å².